The Morgan fingerprint density at radius 3 is 2.18 bits per heavy atom. The molecule has 9 heteroatoms. The number of hydrogen-bond donors (Lipinski definition) is 3. The van der Waals surface area contributed by atoms with Crippen LogP contribution in [0.1, 0.15) is 146 Å². The van der Waals surface area contributed by atoms with E-state index in [0.717, 1.165) is 56.9 Å². The SMILES string of the molecule is C[C@]12CCC3c4ccc(O)cc4[C@H](O)[C@@H](CCCCCCCCCC(CCCC(F)(F)C(F)(F)F)C(=O)O)C3C1CCC21CC1. The average molecular weight is 643 g/mol. The smallest absolute Gasteiger partial charge is 0.453 e. The van der Waals surface area contributed by atoms with Crippen LogP contribution in [-0.2, 0) is 4.79 Å². The van der Waals surface area contributed by atoms with Gasteiger partial charge < -0.3 is 15.3 Å². The van der Waals surface area contributed by atoms with Gasteiger partial charge in [-0.2, -0.15) is 22.0 Å². The molecule has 0 heterocycles. The monoisotopic (exact) mass is 642 g/mol. The van der Waals surface area contributed by atoms with Gasteiger partial charge in [0.1, 0.15) is 5.75 Å². The number of fused-ring (bicyclic) bond motifs is 6. The number of hydrogen-bond acceptors (Lipinski definition) is 3. The molecule has 1 aromatic carbocycles. The summed E-state index contributed by atoms with van der Waals surface area (Å²) in [6.07, 6.45) is 7.18. The minimum absolute atomic E-state index is 0.180. The van der Waals surface area contributed by atoms with Crippen LogP contribution in [0.25, 0.3) is 0 Å². The van der Waals surface area contributed by atoms with Gasteiger partial charge in [0.05, 0.1) is 12.0 Å². The lowest BCUT2D eigenvalue weighted by Gasteiger charge is -2.55. The van der Waals surface area contributed by atoms with E-state index in [4.69, 9.17) is 0 Å². The van der Waals surface area contributed by atoms with E-state index in [1.807, 2.05) is 0 Å². The molecule has 0 radical (unpaired) electrons. The van der Waals surface area contributed by atoms with Gasteiger partial charge in [0.25, 0.3) is 0 Å². The number of phenols is 1. The highest BCUT2D eigenvalue weighted by Crippen LogP contribution is 2.76. The Hall–Kier alpha value is -1.90. The summed E-state index contributed by atoms with van der Waals surface area (Å²) in [5.41, 5.74) is 3.05. The van der Waals surface area contributed by atoms with Crippen molar-refractivity contribution in [2.45, 2.75) is 147 Å². The third kappa shape index (κ3) is 6.89. The first-order chi connectivity index (χ1) is 21.2. The van der Waals surface area contributed by atoms with Crippen molar-refractivity contribution in [3.05, 3.63) is 29.3 Å². The number of carboxylic acid groups (broad SMARTS) is 1. The maximum Gasteiger partial charge on any atom is 0.453 e. The molecule has 0 amide bonds. The standard InChI is InChI=1S/C36H51F5O4/c1-33-18-15-26-25-14-13-24(42)22-28(25)31(43)27(30(26)29(33)16-19-34(33)20-21-34)12-8-6-4-2-3-5-7-10-23(32(44)45)11-9-17-35(37,38)36(39,40)41/h13-14,22-23,26-27,29-31,42-43H,2-12,15-21H2,1H3,(H,44,45)/t23?,26?,27-,29?,30?,31+,33-/m0/s1. The first-order valence-electron chi connectivity index (χ1n) is 17.4. The predicted molar refractivity (Wildman–Crippen MR) is 162 cm³/mol. The highest BCUT2D eigenvalue weighted by Gasteiger charge is 2.67. The Balaban J connectivity index is 1.06. The number of rotatable bonds is 15. The third-order valence-corrected chi connectivity index (χ3v) is 12.8. The number of benzene rings is 1. The van der Waals surface area contributed by atoms with Gasteiger partial charge in [-0.15, -0.1) is 0 Å². The summed E-state index contributed by atoms with van der Waals surface area (Å²) in [7, 11) is 0. The molecule has 1 spiro atoms. The number of carboxylic acids is 1. The van der Waals surface area contributed by atoms with Crippen LogP contribution in [0.3, 0.4) is 0 Å². The number of aliphatic hydroxyl groups is 1. The highest BCUT2D eigenvalue weighted by molar-refractivity contribution is 5.69. The Kier molecular flexibility index (Phi) is 10.2. The fraction of sp³-hybridized carbons (Fsp3) is 0.806. The second-order valence-electron chi connectivity index (χ2n) is 15.2. The molecule has 0 saturated heterocycles. The number of unbranched alkanes of at least 4 members (excludes halogenated alkanes) is 6. The van der Waals surface area contributed by atoms with Crippen molar-refractivity contribution in [2.75, 3.05) is 0 Å². The van der Waals surface area contributed by atoms with E-state index in [-0.39, 0.29) is 24.5 Å². The van der Waals surface area contributed by atoms with Crippen LogP contribution < -0.4 is 0 Å². The largest absolute Gasteiger partial charge is 0.508 e. The maximum atomic E-state index is 13.1. The van der Waals surface area contributed by atoms with Gasteiger partial charge in [0.15, 0.2) is 0 Å². The van der Waals surface area contributed by atoms with Crippen LogP contribution in [0.2, 0.25) is 0 Å². The topological polar surface area (TPSA) is 77.8 Å². The van der Waals surface area contributed by atoms with E-state index in [1.165, 1.54) is 37.7 Å². The Morgan fingerprint density at radius 1 is 0.889 bits per heavy atom. The van der Waals surface area contributed by atoms with E-state index >= 15 is 0 Å². The number of aliphatic carboxylic acids is 1. The number of aromatic hydroxyl groups is 1. The summed E-state index contributed by atoms with van der Waals surface area (Å²) in [6, 6.07) is 5.60. The molecule has 45 heavy (non-hydrogen) atoms. The molecule has 0 aliphatic heterocycles. The van der Waals surface area contributed by atoms with Crippen molar-refractivity contribution >= 4 is 5.97 Å². The lowest BCUT2D eigenvalue weighted by Crippen LogP contribution is -2.47. The molecule has 3 saturated carbocycles. The molecule has 3 N–H and O–H groups in total. The van der Waals surface area contributed by atoms with Crippen LogP contribution in [0.15, 0.2) is 18.2 Å². The summed E-state index contributed by atoms with van der Waals surface area (Å²) in [5.74, 6) is -4.88. The molecule has 4 aliphatic carbocycles. The summed E-state index contributed by atoms with van der Waals surface area (Å²) in [4.78, 5) is 11.5. The summed E-state index contributed by atoms with van der Waals surface area (Å²) < 4.78 is 63.4. The molecular formula is C36H51F5O4. The molecule has 7 atom stereocenters. The predicted octanol–water partition coefficient (Wildman–Crippen LogP) is 10.3. The number of carbonyl (C=O) groups is 1. The van der Waals surface area contributed by atoms with Gasteiger partial charge in [-0.25, -0.2) is 0 Å². The summed E-state index contributed by atoms with van der Waals surface area (Å²) in [5, 5.41) is 31.3. The van der Waals surface area contributed by atoms with Gasteiger partial charge in [-0.05, 0) is 122 Å². The third-order valence-electron chi connectivity index (χ3n) is 12.8. The fourth-order valence-electron chi connectivity index (χ4n) is 10.1. The van der Waals surface area contributed by atoms with Crippen molar-refractivity contribution < 1.29 is 42.1 Å². The zero-order valence-corrected chi connectivity index (χ0v) is 26.6. The van der Waals surface area contributed by atoms with Gasteiger partial charge in [0.2, 0.25) is 0 Å². The van der Waals surface area contributed by atoms with Crippen LogP contribution in [0.4, 0.5) is 22.0 Å². The normalized spacial score (nSPS) is 30.9. The zero-order chi connectivity index (χ0) is 32.6. The van der Waals surface area contributed by atoms with E-state index < -0.39 is 42.9 Å². The first-order valence-corrected chi connectivity index (χ1v) is 17.4. The van der Waals surface area contributed by atoms with Gasteiger partial charge >= 0.3 is 18.1 Å². The van der Waals surface area contributed by atoms with Crippen molar-refractivity contribution in [2.24, 2.45) is 34.5 Å². The van der Waals surface area contributed by atoms with Crippen molar-refractivity contribution in [1.82, 2.24) is 0 Å². The molecule has 3 fully saturated rings. The first kappa shape index (κ1) is 34.4. The van der Waals surface area contributed by atoms with E-state index in [2.05, 4.69) is 13.0 Å². The van der Waals surface area contributed by atoms with Crippen molar-refractivity contribution in [3.63, 3.8) is 0 Å². The van der Waals surface area contributed by atoms with E-state index in [9.17, 15) is 42.1 Å². The van der Waals surface area contributed by atoms with Gasteiger partial charge in [-0.3, -0.25) is 4.79 Å². The fourth-order valence-corrected chi connectivity index (χ4v) is 10.1. The van der Waals surface area contributed by atoms with Crippen molar-refractivity contribution in [3.8, 4) is 5.75 Å². The molecule has 4 aliphatic rings. The lowest BCUT2D eigenvalue weighted by molar-refractivity contribution is -0.284. The lowest BCUT2D eigenvalue weighted by atomic mass is 9.50. The molecule has 254 valence electrons. The summed E-state index contributed by atoms with van der Waals surface area (Å²) in [6.45, 7) is 2.54. The van der Waals surface area contributed by atoms with Crippen LogP contribution in [0.5, 0.6) is 5.75 Å². The number of alkyl halides is 5. The minimum atomic E-state index is -5.60. The van der Waals surface area contributed by atoms with E-state index in [0.29, 0.717) is 35.0 Å². The Morgan fingerprint density at radius 2 is 1.53 bits per heavy atom. The van der Waals surface area contributed by atoms with Crippen LogP contribution in [-0.4, -0.2) is 33.4 Å². The molecule has 4 nitrogen and oxygen atoms in total. The quantitative estimate of drug-likeness (QED) is 0.131. The van der Waals surface area contributed by atoms with Crippen molar-refractivity contribution in [1.29, 1.82) is 0 Å². The van der Waals surface area contributed by atoms with Gasteiger partial charge in [0, 0.05) is 6.42 Å². The van der Waals surface area contributed by atoms with Crippen LogP contribution >= 0.6 is 0 Å². The average Bonchev–Trinajstić information content (AvgIpc) is 3.71. The Labute approximate surface area is 264 Å². The van der Waals surface area contributed by atoms with Gasteiger partial charge in [-0.1, -0.05) is 57.9 Å². The number of halogens is 5. The maximum absolute atomic E-state index is 13.1. The molecular weight excluding hydrogens is 591 g/mol. The number of phenolic OH excluding ortho intramolecular Hbond substituents is 1. The molecule has 0 aromatic heterocycles. The molecule has 1 aromatic rings. The second kappa shape index (κ2) is 13.3. The highest BCUT2D eigenvalue weighted by atomic mass is 19.4. The van der Waals surface area contributed by atoms with Crippen LogP contribution in [0, 0.1) is 34.5 Å². The zero-order valence-electron chi connectivity index (χ0n) is 26.6. The molecule has 5 rings (SSSR count). The minimum Gasteiger partial charge on any atom is -0.508 e. The second-order valence-corrected chi connectivity index (χ2v) is 15.2. The Bertz CT molecular complexity index is 1180. The summed E-state index contributed by atoms with van der Waals surface area (Å²) >= 11 is 0. The molecule has 0 bridgehead atoms. The van der Waals surface area contributed by atoms with E-state index in [1.54, 1.807) is 12.1 Å². The molecule has 4 unspecified atom stereocenters. The number of aliphatic hydroxyl groups excluding tert-OH is 1.